The Balaban J connectivity index is 1.60. The highest BCUT2D eigenvalue weighted by Crippen LogP contribution is 2.31. The second kappa shape index (κ2) is 6.02. The van der Waals surface area contributed by atoms with E-state index in [-0.39, 0.29) is 0 Å². The minimum absolute atomic E-state index is 0.544. The van der Waals surface area contributed by atoms with E-state index in [0.717, 1.165) is 29.8 Å². The average molecular weight is 334 g/mol. The van der Waals surface area contributed by atoms with Gasteiger partial charge in [-0.15, -0.1) is 0 Å². The Morgan fingerprint density at radius 2 is 1.92 bits per heavy atom. The molecular formula is C19H22N6. The lowest BCUT2D eigenvalue weighted by atomic mass is 10.1. The van der Waals surface area contributed by atoms with Crippen LogP contribution < -0.4 is 10.2 Å². The van der Waals surface area contributed by atoms with Gasteiger partial charge in [0.05, 0.1) is 5.52 Å². The highest BCUT2D eigenvalue weighted by Gasteiger charge is 2.23. The summed E-state index contributed by atoms with van der Waals surface area (Å²) in [6.45, 7) is 2.28. The second-order valence-electron chi connectivity index (χ2n) is 6.99. The van der Waals surface area contributed by atoms with E-state index in [1.807, 2.05) is 12.3 Å². The topological polar surface area (TPSA) is 58.9 Å². The molecule has 0 amide bonds. The second-order valence-corrected chi connectivity index (χ2v) is 6.99. The lowest BCUT2D eigenvalue weighted by molar-refractivity contribution is 0.578. The first-order chi connectivity index (χ1) is 12.4. The molecule has 1 saturated heterocycles. The molecule has 128 valence electrons. The molecule has 0 atom stereocenters. The summed E-state index contributed by atoms with van der Waals surface area (Å²) in [6.07, 6.45) is 9.96. The molecule has 1 aliphatic carbocycles. The van der Waals surface area contributed by atoms with Crippen molar-refractivity contribution in [2.75, 3.05) is 23.3 Å². The first kappa shape index (κ1) is 14.7. The van der Waals surface area contributed by atoms with Crippen LogP contribution >= 0.6 is 0 Å². The summed E-state index contributed by atoms with van der Waals surface area (Å²) in [5.41, 5.74) is 2.24. The Morgan fingerprint density at radius 3 is 2.68 bits per heavy atom. The Bertz CT molecular complexity index is 878. The number of benzene rings is 1. The smallest absolute Gasteiger partial charge is 0.253 e. The molecule has 1 saturated carbocycles. The average Bonchev–Trinajstić information content (AvgIpc) is 3.31. The lowest BCUT2D eigenvalue weighted by Crippen LogP contribution is -2.29. The molecule has 1 N–H and O–H groups in total. The Labute approximate surface area is 146 Å². The quantitative estimate of drug-likeness (QED) is 0.792. The first-order valence-corrected chi connectivity index (χ1v) is 9.20. The number of fused-ring (bicyclic) bond motifs is 1. The molecule has 6 nitrogen and oxygen atoms in total. The van der Waals surface area contributed by atoms with Crippen molar-refractivity contribution in [3.05, 3.63) is 36.7 Å². The Morgan fingerprint density at radius 1 is 1.04 bits per heavy atom. The Kier molecular flexibility index (Phi) is 3.54. The molecule has 5 rings (SSSR count). The van der Waals surface area contributed by atoms with Gasteiger partial charge in [0.15, 0.2) is 0 Å². The van der Waals surface area contributed by atoms with Gasteiger partial charge in [0.1, 0.15) is 5.82 Å². The molecule has 0 bridgehead atoms. The predicted octanol–water partition coefficient (Wildman–Crippen LogP) is 3.38. The lowest BCUT2D eigenvalue weighted by Gasteiger charge is -2.29. The third-order valence-corrected chi connectivity index (χ3v) is 5.02. The fourth-order valence-electron chi connectivity index (χ4n) is 3.47. The van der Waals surface area contributed by atoms with Gasteiger partial charge >= 0.3 is 0 Å². The number of nitrogens with one attached hydrogen (secondary N) is 1. The zero-order valence-corrected chi connectivity index (χ0v) is 14.2. The molecule has 3 heterocycles. The van der Waals surface area contributed by atoms with Crippen LogP contribution in [0.1, 0.15) is 32.1 Å². The van der Waals surface area contributed by atoms with Crippen molar-refractivity contribution in [1.82, 2.24) is 19.7 Å². The number of rotatable bonds is 4. The number of anilines is 2. The van der Waals surface area contributed by atoms with Crippen LogP contribution in [-0.2, 0) is 0 Å². The fraction of sp³-hybridized carbons (Fsp3) is 0.421. The summed E-state index contributed by atoms with van der Waals surface area (Å²) in [6, 6.07) is 8.99. The van der Waals surface area contributed by atoms with Gasteiger partial charge in [-0.3, -0.25) is 0 Å². The van der Waals surface area contributed by atoms with E-state index in [4.69, 9.17) is 9.97 Å². The predicted molar refractivity (Wildman–Crippen MR) is 99.4 cm³/mol. The number of nitrogens with zero attached hydrogens (tertiary/aromatic N) is 5. The Hall–Kier alpha value is -2.63. The summed E-state index contributed by atoms with van der Waals surface area (Å²) in [5, 5.41) is 8.96. The largest absolute Gasteiger partial charge is 0.372 e. The summed E-state index contributed by atoms with van der Waals surface area (Å²) in [4.78, 5) is 12.0. The van der Waals surface area contributed by atoms with Gasteiger partial charge in [-0.1, -0.05) is 0 Å². The van der Waals surface area contributed by atoms with E-state index in [0.29, 0.717) is 12.0 Å². The molecule has 2 aromatic heterocycles. The van der Waals surface area contributed by atoms with Crippen LogP contribution in [0.15, 0.2) is 36.7 Å². The number of piperidine rings is 1. The van der Waals surface area contributed by atoms with Gasteiger partial charge in [-0.2, -0.15) is 10.1 Å². The fourth-order valence-corrected chi connectivity index (χ4v) is 3.47. The minimum Gasteiger partial charge on any atom is -0.372 e. The van der Waals surface area contributed by atoms with Gasteiger partial charge in [-0.05, 0) is 56.4 Å². The van der Waals surface area contributed by atoms with Crippen LogP contribution in [-0.4, -0.2) is 38.9 Å². The van der Waals surface area contributed by atoms with Crippen LogP contribution in [0.3, 0.4) is 0 Å². The van der Waals surface area contributed by atoms with Gasteiger partial charge in [0, 0.05) is 42.6 Å². The molecule has 0 radical (unpaired) electrons. The van der Waals surface area contributed by atoms with Crippen LogP contribution in [0.4, 0.5) is 11.5 Å². The standard InChI is InChI=1S/C19H22N6/c1-2-10-24(11-3-1)15-7-8-17-16(13-15)18(21-14-5-6-14)23-19(22-17)25-12-4-9-20-25/h4,7-9,12-14H,1-3,5-6,10-11H2,(H,21,22,23). The molecule has 2 fully saturated rings. The molecule has 0 unspecified atom stereocenters. The molecule has 3 aromatic rings. The summed E-state index contributed by atoms with van der Waals surface area (Å²) >= 11 is 0. The third kappa shape index (κ3) is 2.92. The normalized spacial score (nSPS) is 17.8. The van der Waals surface area contributed by atoms with Crippen LogP contribution in [0.25, 0.3) is 16.9 Å². The van der Waals surface area contributed by atoms with Crippen molar-refractivity contribution in [3.63, 3.8) is 0 Å². The van der Waals surface area contributed by atoms with E-state index in [1.165, 1.54) is 37.8 Å². The maximum atomic E-state index is 4.77. The van der Waals surface area contributed by atoms with Crippen molar-refractivity contribution >= 4 is 22.4 Å². The molecule has 6 heteroatoms. The summed E-state index contributed by atoms with van der Waals surface area (Å²) in [7, 11) is 0. The van der Waals surface area contributed by atoms with Crippen molar-refractivity contribution < 1.29 is 0 Å². The van der Waals surface area contributed by atoms with E-state index in [2.05, 4.69) is 33.5 Å². The minimum atomic E-state index is 0.544. The number of hydrogen-bond acceptors (Lipinski definition) is 5. The highest BCUT2D eigenvalue weighted by atomic mass is 15.3. The maximum absolute atomic E-state index is 4.77. The van der Waals surface area contributed by atoms with E-state index < -0.39 is 0 Å². The van der Waals surface area contributed by atoms with E-state index in [1.54, 1.807) is 10.9 Å². The van der Waals surface area contributed by atoms with Crippen molar-refractivity contribution in [2.45, 2.75) is 38.1 Å². The van der Waals surface area contributed by atoms with Crippen LogP contribution in [0.2, 0.25) is 0 Å². The SMILES string of the molecule is c1cnn(-c2nc(NC3CC3)c3cc(N4CCCCC4)ccc3n2)c1. The molecule has 1 aromatic carbocycles. The van der Waals surface area contributed by atoms with Gasteiger partial charge < -0.3 is 10.2 Å². The third-order valence-electron chi connectivity index (χ3n) is 5.02. The first-order valence-electron chi connectivity index (χ1n) is 9.20. The molecule has 25 heavy (non-hydrogen) atoms. The molecule has 2 aliphatic rings. The number of hydrogen-bond donors (Lipinski definition) is 1. The van der Waals surface area contributed by atoms with E-state index >= 15 is 0 Å². The summed E-state index contributed by atoms with van der Waals surface area (Å²) in [5.74, 6) is 1.54. The van der Waals surface area contributed by atoms with Gasteiger partial charge in [0.2, 0.25) is 0 Å². The highest BCUT2D eigenvalue weighted by molar-refractivity contribution is 5.92. The van der Waals surface area contributed by atoms with Crippen molar-refractivity contribution in [3.8, 4) is 5.95 Å². The van der Waals surface area contributed by atoms with Crippen molar-refractivity contribution in [2.24, 2.45) is 0 Å². The van der Waals surface area contributed by atoms with Gasteiger partial charge in [0.25, 0.3) is 5.95 Å². The molecule has 0 spiro atoms. The zero-order chi connectivity index (χ0) is 16.6. The van der Waals surface area contributed by atoms with Crippen LogP contribution in [0.5, 0.6) is 0 Å². The van der Waals surface area contributed by atoms with Gasteiger partial charge in [-0.25, -0.2) is 9.67 Å². The summed E-state index contributed by atoms with van der Waals surface area (Å²) < 4.78 is 1.72. The molecular weight excluding hydrogens is 312 g/mol. The maximum Gasteiger partial charge on any atom is 0.253 e. The number of aromatic nitrogens is 4. The zero-order valence-electron chi connectivity index (χ0n) is 14.2. The van der Waals surface area contributed by atoms with Crippen molar-refractivity contribution in [1.29, 1.82) is 0 Å². The van der Waals surface area contributed by atoms with Crippen LogP contribution in [0, 0.1) is 0 Å². The molecule has 1 aliphatic heterocycles. The van der Waals surface area contributed by atoms with E-state index in [9.17, 15) is 0 Å². The monoisotopic (exact) mass is 334 g/mol.